The first-order valence-corrected chi connectivity index (χ1v) is 8.19. The lowest BCUT2D eigenvalue weighted by atomic mass is 10.2. The SMILES string of the molecule is O=C(Nc1nnc(-c2ccccc2)o1)c1cc(Br)c(Br)s1. The van der Waals surface area contributed by atoms with Crippen molar-refractivity contribution in [3.63, 3.8) is 0 Å². The Labute approximate surface area is 140 Å². The Morgan fingerprint density at radius 1 is 1.19 bits per heavy atom. The maximum atomic E-state index is 12.1. The summed E-state index contributed by atoms with van der Waals surface area (Å²) >= 11 is 7.99. The summed E-state index contributed by atoms with van der Waals surface area (Å²) in [6.07, 6.45) is 0. The second-order valence-corrected chi connectivity index (χ2v) is 7.19. The molecule has 3 rings (SSSR count). The summed E-state index contributed by atoms with van der Waals surface area (Å²) in [6.45, 7) is 0. The summed E-state index contributed by atoms with van der Waals surface area (Å²) < 4.78 is 7.10. The molecule has 5 nitrogen and oxygen atoms in total. The molecule has 106 valence electrons. The standard InChI is InChI=1S/C13H7Br2N3O2S/c14-8-6-9(21-10(8)15)11(19)16-13-18-17-12(20-13)7-4-2-1-3-5-7/h1-6H,(H,16,18,19). The van der Waals surface area contributed by atoms with E-state index in [1.807, 2.05) is 30.3 Å². The van der Waals surface area contributed by atoms with Crippen LogP contribution in [-0.4, -0.2) is 16.1 Å². The third-order valence-electron chi connectivity index (χ3n) is 2.54. The minimum atomic E-state index is -0.297. The van der Waals surface area contributed by atoms with Crippen molar-refractivity contribution in [2.75, 3.05) is 5.32 Å². The van der Waals surface area contributed by atoms with Gasteiger partial charge in [-0.15, -0.1) is 16.4 Å². The Balaban J connectivity index is 1.77. The molecule has 0 saturated carbocycles. The zero-order chi connectivity index (χ0) is 14.8. The van der Waals surface area contributed by atoms with Crippen LogP contribution in [0.2, 0.25) is 0 Å². The third kappa shape index (κ3) is 3.22. The van der Waals surface area contributed by atoms with Gasteiger partial charge in [-0.1, -0.05) is 23.3 Å². The Morgan fingerprint density at radius 2 is 1.95 bits per heavy atom. The zero-order valence-electron chi connectivity index (χ0n) is 10.3. The van der Waals surface area contributed by atoms with Crippen LogP contribution in [0.15, 0.2) is 49.1 Å². The Kier molecular flexibility index (Phi) is 4.18. The Bertz CT molecular complexity index is 766. The van der Waals surface area contributed by atoms with Crippen LogP contribution in [0, 0.1) is 0 Å². The van der Waals surface area contributed by atoms with Gasteiger partial charge in [0, 0.05) is 10.0 Å². The summed E-state index contributed by atoms with van der Waals surface area (Å²) in [5, 5.41) is 10.3. The van der Waals surface area contributed by atoms with E-state index in [4.69, 9.17) is 4.42 Å². The van der Waals surface area contributed by atoms with Crippen LogP contribution in [0.4, 0.5) is 6.01 Å². The van der Waals surface area contributed by atoms with Crippen LogP contribution in [0.25, 0.3) is 11.5 Å². The van der Waals surface area contributed by atoms with E-state index in [0.29, 0.717) is 10.8 Å². The first-order chi connectivity index (χ1) is 10.1. The van der Waals surface area contributed by atoms with Crippen LogP contribution in [0.1, 0.15) is 9.67 Å². The van der Waals surface area contributed by atoms with Gasteiger partial charge in [0.15, 0.2) is 0 Å². The lowest BCUT2D eigenvalue weighted by Crippen LogP contribution is -2.10. The number of hydrogen-bond acceptors (Lipinski definition) is 5. The smallest absolute Gasteiger partial charge is 0.322 e. The highest BCUT2D eigenvalue weighted by atomic mass is 79.9. The molecule has 2 aromatic heterocycles. The molecule has 0 spiro atoms. The maximum Gasteiger partial charge on any atom is 0.322 e. The number of carbonyl (C=O) groups excluding carboxylic acids is 1. The molecule has 3 aromatic rings. The van der Waals surface area contributed by atoms with E-state index in [1.165, 1.54) is 11.3 Å². The number of amides is 1. The molecule has 0 aliphatic rings. The summed E-state index contributed by atoms with van der Waals surface area (Å²) in [4.78, 5) is 12.6. The van der Waals surface area contributed by atoms with E-state index in [-0.39, 0.29) is 11.9 Å². The molecule has 2 heterocycles. The highest BCUT2D eigenvalue weighted by molar-refractivity contribution is 9.13. The molecule has 0 aliphatic carbocycles. The normalized spacial score (nSPS) is 10.6. The molecule has 0 fully saturated rings. The number of halogens is 2. The highest BCUT2D eigenvalue weighted by Crippen LogP contribution is 2.32. The molecule has 8 heteroatoms. The van der Waals surface area contributed by atoms with Gasteiger partial charge >= 0.3 is 6.01 Å². The Hall–Kier alpha value is -1.51. The van der Waals surface area contributed by atoms with Gasteiger partial charge in [-0.05, 0) is 50.1 Å². The fourth-order valence-corrected chi connectivity index (χ4v) is 3.52. The van der Waals surface area contributed by atoms with Crippen LogP contribution in [0.5, 0.6) is 0 Å². The molecule has 0 unspecified atom stereocenters. The maximum absolute atomic E-state index is 12.1. The van der Waals surface area contributed by atoms with E-state index in [1.54, 1.807) is 6.07 Å². The molecular formula is C13H7Br2N3O2S. The Morgan fingerprint density at radius 3 is 2.62 bits per heavy atom. The fraction of sp³-hybridized carbons (Fsp3) is 0. The van der Waals surface area contributed by atoms with Gasteiger partial charge in [-0.2, -0.15) is 0 Å². The van der Waals surface area contributed by atoms with Crippen molar-refractivity contribution < 1.29 is 9.21 Å². The number of hydrogen-bond donors (Lipinski definition) is 1. The number of aromatic nitrogens is 2. The van der Waals surface area contributed by atoms with Gasteiger partial charge in [-0.25, -0.2) is 0 Å². The van der Waals surface area contributed by atoms with Gasteiger partial charge in [0.25, 0.3) is 5.91 Å². The monoisotopic (exact) mass is 427 g/mol. The van der Waals surface area contributed by atoms with Crippen molar-refractivity contribution in [1.29, 1.82) is 0 Å². The van der Waals surface area contributed by atoms with Crippen LogP contribution < -0.4 is 5.32 Å². The summed E-state index contributed by atoms with van der Waals surface area (Å²) in [6, 6.07) is 11.1. The number of thiophene rings is 1. The van der Waals surface area contributed by atoms with Crippen LogP contribution in [-0.2, 0) is 0 Å². The van der Waals surface area contributed by atoms with Crippen molar-refractivity contribution in [2.45, 2.75) is 0 Å². The van der Waals surface area contributed by atoms with Gasteiger partial charge in [-0.3, -0.25) is 10.1 Å². The molecular weight excluding hydrogens is 422 g/mol. The first-order valence-electron chi connectivity index (χ1n) is 5.78. The summed E-state index contributed by atoms with van der Waals surface area (Å²) in [5.74, 6) is 0.0640. The number of benzene rings is 1. The van der Waals surface area contributed by atoms with Gasteiger partial charge < -0.3 is 4.42 Å². The quantitative estimate of drug-likeness (QED) is 0.663. The van der Waals surface area contributed by atoms with Crippen LogP contribution >= 0.6 is 43.2 Å². The van der Waals surface area contributed by atoms with Crippen molar-refractivity contribution in [2.24, 2.45) is 0 Å². The first kappa shape index (κ1) is 14.4. The molecule has 0 radical (unpaired) electrons. The average Bonchev–Trinajstić information content (AvgIpc) is 3.08. The minimum absolute atomic E-state index is 0.0690. The lowest BCUT2D eigenvalue weighted by molar-refractivity contribution is 0.102. The number of rotatable bonds is 3. The molecule has 0 saturated heterocycles. The molecule has 1 amide bonds. The summed E-state index contributed by atoms with van der Waals surface area (Å²) in [5.41, 5.74) is 0.798. The highest BCUT2D eigenvalue weighted by Gasteiger charge is 2.15. The number of nitrogens with one attached hydrogen (secondary N) is 1. The topological polar surface area (TPSA) is 68.0 Å². The number of anilines is 1. The van der Waals surface area contributed by atoms with E-state index in [2.05, 4.69) is 47.4 Å². The van der Waals surface area contributed by atoms with E-state index in [9.17, 15) is 4.79 Å². The van der Waals surface area contributed by atoms with Gasteiger partial charge in [0.2, 0.25) is 5.89 Å². The predicted octanol–water partition coefficient (Wildman–Crippen LogP) is 4.58. The fourth-order valence-electron chi connectivity index (χ4n) is 1.59. The molecule has 21 heavy (non-hydrogen) atoms. The second-order valence-electron chi connectivity index (χ2n) is 3.96. The zero-order valence-corrected chi connectivity index (χ0v) is 14.3. The molecule has 1 aromatic carbocycles. The molecule has 0 aliphatic heterocycles. The third-order valence-corrected chi connectivity index (χ3v) is 5.79. The number of nitrogens with zero attached hydrogens (tertiary/aromatic N) is 2. The van der Waals surface area contributed by atoms with E-state index >= 15 is 0 Å². The van der Waals surface area contributed by atoms with E-state index < -0.39 is 0 Å². The minimum Gasteiger partial charge on any atom is -0.403 e. The average molecular weight is 429 g/mol. The predicted molar refractivity (Wildman–Crippen MR) is 87.4 cm³/mol. The van der Waals surface area contributed by atoms with Crippen molar-refractivity contribution in [1.82, 2.24) is 10.2 Å². The summed E-state index contributed by atoms with van der Waals surface area (Å²) in [7, 11) is 0. The molecule has 1 N–H and O–H groups in total. The largest absolute Gasteiger partial charge is 0.403 e. The molecule has 0 bridgehead atoms. The van der Waals surface area contributed by atoms with Gasteiger partial charge in [0.1, 0.15) is 0 Å². The molecule has 0 atom stereocenters. The lowest BCUT2D eigenvalue weighted by Gasteiger charge is -1.96. The van der Waals surface area contributed by atoms with Crippen molar-refractivity contribution in [3.8, 4) is 11.5 Å². The van der Waals surface area contributed by atoms with Gasteiger partial charge in [0.05, 0.1) is 8.66 Å². The second kappa shape index (κ2) is 6.08. The van der Waals surface area contributed by atoms with Crippen LogP contribution in [0.3, 0.4) is 0 Å². The van der Waals surface area contributed by atoms with Crippen molar-refractivity contribution in [3.05, 3.63) is 49.5 Å². The van der Waals surface area contributed by atoms with E-state index in [0.717, 1.165) is 13.8 Å². The van der Waals surface area contributed by atoms with Crippen molar-refractivity contribution >= 4 is 55.1 Å². The number of carbonyl (C=O) groups is 1.